The fourth-order valence-corrected chi connectivity index (χ4v) is 8.84. The van der Waals surface area contributed by atoms with Crippen LogP contribution in [0.15, 0.2) is 249 Å². The molecule has 10 aromatic carbocycles. The van der Waals surface area contributed by atoms with E-state index in [0.29, 0.717) is 0 Å². The molecule has 2 N–H and O–H groups in total. The van der Waals surface area contributed by atoms with Crippen molar-refractivity contribution in [2.75, 3.05) is 10.6 Å². The van der Waals surface area contributed by atoms with Crippen molar-refractivity contribution in [2.45, 2.75) is 0 Å². The number of aromatic nitrogens is 1. The van der Waals surface area contributed by atoms with Gasteiger partial charge in [0.15, 0.2) is 0 Å². The quantitative estimate of drug-likeness (QED) is 0.144. The van der Waals surface area contributed by atoms with Crippen LogP contribution in [0.25, 0.3) is 83.1 Å². The lowest BCUT2D eigenvalue weighted by Gasteiger charge is -2.15. The van der Waals surface area contributed by atoms with Crippen molar-refractivity contribution in [3.63, 3.8) is 0 Å². The van der Waals surface area contributed by atoms with Crippen molar-refractivity contribution in [2.24, 2.45) is 0 Å². The van der Waals surface area contributed by atoms with Crippen LogP contribution in [0.3, 0.4) is 0 Å². The number of para-hydroxylation sites is 2. The number of hydrogen-bond acceptors (Lipinski definition) is 2. The summed E-state index contributed by atoms with van der Waals surface area (Å²) in [5.74, 6) is 0. The summed E-state index contributed by atoms with van der Waals surface area (Å²) in [6.07, 6.45) is 0. The van der Waals surface area contributed by atoms with E-state index < -0.39 is 0 Å². The van der Waals surface area contributed by atoms with Crippen LogP contribution >= 0.6 is 0 Å². The molecule has 11 rings (SSSR count). The van der Waals surface area contributed by atoms with Crippen LogP contribution in [-0.4, -0.2) is 4.57 Å². The van der Waals surface area contributed by atoms with Crippen LogP contribution in [0.1, 0.15) is 0 Å². The number of benzene rings is 10. The average molecular weight is 806 g/mol. The van der Waals surface area contributed by atoms with Gasteiger partial charge in [0, 0.05) is 50.3 Å². The molecule has 0 saturated heterocycles. The second-order valence-corrected chi connectivity index (χ2v) is 15.9. The topological polar surface area (TPSA) is 29.0 Å². The van der Waals surface area contributed by atoms with Crippen LogP contribution in [0, 0.1) is 0 Å². The maximum atomic E-state index is 3.75. The third-order valence-corrected chi connectivity index (χ3v) is 12.0. The van der Waals surface area contributed by atoms with Crippen LogP contribution in [0.4, 0.5) is 22.7 Å². The van der Waals surface area contributed by atoms with Gasteiger partial charge >= 0.3 is 0 Å². The lowest BCUT2D eigenvalue weighted by atomic mass is 9.96. The minimum Gasteiger partial charge on any atom is -0.355 e. The first-order valence-corrected chi connectivity index (χ1v) is 21.5. The summed E-state index contributed by atoms with van der Waals surface area (Å²) in [4.78, 5) is 0. The summed E-state index contributed by atoms with van der Waals surface area (Å²) in [7, 11) is 0. The molecule has 63 heavy (non-hydrogen) atoms. The lowest BCUT2D eigenvalue weighted by Crippen LogP contribution is -1.96. The number of nitrogens with zero attached hydrogens (tertiary/aromatic N) is 1. The summed E-state index contributed by atoms with van der Waals surface area (Å²) in [5.41, 5.74) is 19.4. The smallest absolute Gasteiger partial charge is 0.0547 e. The molecule has 0 fully saturated rings. The molecule has 298 valence electrons. The molecule has 0 radical (unpaired) electrons. The zero-order valence-electron chi connectivity index (χ0n) is 34.6. The Kier molecular flexibility index (Phi) is 9.89. The van der Waals surface area contributed by atoms with Gasteiger partial charge in [-0.1, -0.05) is 176 Å². The summed E-state index contributed by atoms with van der Waals surface area (Å²) in [5, 5.41) is 9.83. The molecule has 0 amide bonds. The molecule has 3 heteroatoms. The van der Waals surface area contributed by atoms with Gasteiger partial charge in [-0.05, 0) is 117 Å². The fourth-order valence-electron chi connectivity index (χ4n) is 8.84. The van der Waals surface area contributed by atoms with Crippen molar-refractivity contribution in [3.05, 3.63) is 249 Å². The molecule has 3 nitrogen and oxygen atoms in total. The van der Waals surface area contributed by atoms with E-state index in [1.165, 1.54) is 33.0 Å². The third kappa shape index (κ3) is 7.54. The Bertz CT molecular complexity index is 3350. The maximum Gasteiger partial charge on any atom is 0.0547 e. The number of anilines is 4. The standard InChI is InChI=1S/C60H43N3/c1-5-16-42(17-6-1)44-28-33-51(34-29-44)62-58-36-31-47(39-55(58)45-20-9-3-10-21-45)48-32-37-59-56(40-48)54-35-30-49(53-26-13-14-27-57(53)61-50-23-11-4-12-24-50)41-60(54)63(59)52-25-15-22-46(38-52)43-18-7-2-8-19-43/h1-41,61-62H. The molecule has 0 spiro atoms. The Morgan fingerprint density at radius 2 is 0.762 bits per heavy atom. The summed E-state index contributed by atoms with van der Waals surface area (Å²) in [6.45, 7) is 0. The number of hydrogen-bond donors (Lipinski definition) is 2. The van der Waals surface area contributed by atoms with E-state index >= 15 is 0 Å². The first-order valence-electron chi connectivity index (χ1n) is 21.5. The maximum absolute atomic E-state index is 3.75. The molecule has 0 aliphatic rings. The van der Waals surface area contributed by atoms with E-state index in [9.17, 15) is 0 Å². The Morgan fingerprint density at radius 3 is 1.49 bits per heavy atom. The molecule has 0 atom stereocenters. The second kappa shape index (κ2) is 16.6. The normalized spacial score (nSPS) is 11.2. The highest BCUT2D eigenvalue weighted by Crippen LogP contribution is 2.41. The van der Waals surface area contributed by atoms with E-state index in [2.05, 4.69) is 258 Å². The zero-order valence-corrected chi connectivity index (χ0v) is 34.6. The van der Waals surface area contributed by atoms with E-state index in [4.69, 9.17) is 0 Å². The van der Waals surface area contributed by atoms with Gasteiger partial charge in [-0.2, -0.15) is 0 Å². The van der Waals surface area contributed by atoms with Crippen LogP contribution in [-0.2, 0) is 0 Å². The lowest BCUT2D eigenvalue weighted by molar-refractivity contribution is 1.18. The summed E-state index contributed by atoms with van der Waals surface area (Å²) >= 11 is 0. The minimum atomic E-state index is 1.04. The van der Waals surface area contributed by atoms with Gasteiger partial charge in [-0.3, -0.25) is 0 Å². The van der Waals surface area contributed by atoms with Gasteiger partial charge in [0.1, 0.15) is 0 Å². The molecule has 0 aliphatic carbocycles. The van der Waals surface area contributed by atoms with E-state index in [0.717, 1.165) is 72.9 Å². The molecular formula is C60H43N3. The predicted molar refractivity (Wildman–Crippen MR) is 267 cm³/mol. The van der Waals surface area contributed by atoms with Crippen LogP contribution in [0.5, 0.6) is 0 Å². The highest BCUT2D eigenvalue weighted by atomic mass is 15.0. The van der Waals surface area contributed by atoms with E-state index in [-0.39, 0.29) is 0 Å². The van der Waals surface area contributed by atoms with Gasteiger partial charge in [0.05, 0.1) is 11.0 Å². The molecule has 0 bridgehead atoms. The van der Waals surface area contributed by atoms with Gasteiger partial charge in [-0.15, -0.1) is 0 Å². The van der Waals surface area contributed by atoms with Gasteiger partial charge < -0.3 is 15.2 Å². The van der Waals surface area contributed by atoms with Crippen molar-refractivity contribution in [1.82, 2.24) is 4.57 Å². The molecular weight excluding hydrogens is 763 g/mol. The molecule has 11 aromatic rings. The van der Waals surface area contributed by atoms with Gasteiger partial charge in [0.25, 0.3) is 0 Å². The van der Waals surface area contributed by atoms with Crippen LogP contribution in [0.2, 0.25) is 0 Å². The molecule has 1 aromatic heterocycles. The minimum absolute atomic E-state index is 1.04. The Labute approximate surface area is 368 Å². The average Bonchev–Trinajstić information content (AvgIpc) is 3.69. The second-order valence-electron chi connectivity index (χ2n) is 15.9. The number of rotatable bonds is 10. The summed E-state index contributed by atoms with van der Waals surface area (Å²) < 4.78 is 2.43. The van der Waals surface area contributed by atoms with Gasteiger partial charge in [0.2, 0.25) is 0 Å². The highest BCUT2D eigenvalue weighted by molar-refractivity contribution is 6.12. The predicted octanol–water partition coefficient (Wildman–Crippen LogP) is 16.6. The van der Waals surface area contributed by atoms with Crippen LogP contribution < -0.4 is 10.6 Å². The third-order valence-electron chi connectivity index (χ3n) is 12.0. The largest absolute Gasteiger partial charge is 0.355 e. The van der Waals surface area contributed by atoms with E-state index in [1.807, 2.05) is 6.07 Å². The molecule has 0 saturated carbocycles. The molecule has 0 unspecified atom stereocenters. The van der Waals surface area contributed by atoms with Crippen molar-refractivity contribution < 1.29 is 0 Å². The van der Waals surface area contributed by atoms with Gasteiger partial charge in [-0.25, -0.2) is 0 Å². The first-order chi connectivity index (χ1) is 31.2. The zero-order chi connectivity index (χ0) is 42.0. The van der Waals surface area contributed by atoms with E-state index in [1.54, 1.807) is 0 Å². The summed E-state index contributed by atoms with van der Waals surface area (Å²) in [6, 6.07) is 89.0. The molecule has 0 aliphatic heterocycles. The van der Waals surface area contributed by atoms with Crippen molar-refractivity contribution in [3.8, 4) is 61.3 Å². The monoisotopic (exact) mass is 805 g/mol. The van der Waals surface area contributed by atoms with Crippen molar-refractivity contribution >= 4 is 44.6 Å². The number of fused-ring (bicyclic) bond motifs is 3. The Morgan fingerprint density at radius 1 is 0.254 bits per heavy atom. The molecule has 1 heterocycles. The highest BCUT2D eigenvalue weighted by Gasteiger charge is 2.17. The number of nitrogens with one attached hydrogen (secondary N) is 2. The first kappa shape index (κ1) is 37.6. The van der Waals surface area contributed by atoms with Crippen molar-refractivity contribution in [1.29, 1.82) is 0 Å². The Hall–Kier alpha value is -8.40. The SMILES string of the molecule is c1ccc(Nc2ccccc2-c2ccc3c4cc(-c5ccc(Nc6ccc(-c7ccccc7)cc6)c(-c6ccccc6)c5)ccc4n(-c4cccc(-c5ccccc5)c4)c3c2)cc1. The fraction of sp³-hybridized carbons (Fsp3) is 0. The Balaban J connectivity index is 1.03.